The highest BCUT2D eigenvalue weighted by Gasteiger charge is 2.12. The van der Waals surface area contributed by atoms with Crippen molar-refractivity contribution in [1.29, 1.82) is 0 Å². The Hall–Kier alpha value is -2.87. The number of ether oxygens (including phenoxy) is 1. The lowest BCUT2D eigenvalue weighted by atomic mass is 10.1. The molecule has 0 fully saturated rings. The maximum atomic E-state index is 12.2. The molecule has 0 spiro atoms. The van der Waals surface area contributed by atoms with E-state index in [0.29, 0.717) is 16.5 Å². The van der Waals surface area contributed by atoms with Crippen molar-refractivity contribution in [3.8, 4) is 17.0 Å². The molecule has 30 heavy (non-hydrogen) atoms. The zero-order valence-corrected chi connectivity index (χ0v) is 17.3. The predicted molar refractivity (Wildman–Crippen MR) is 115 cm³/mol. The van der Waals surface area contributed by atoms with E-state index < -0.39 is 17.6 Å². The molecule has 3 aromatic rings. The van der Waals surface area contributed by atoms with E-state index in [2.05, 4.69) is 10.4 Å². The van der Waals surface area contributed by atoms with E-state index in [9.17, 15) is 14.7 Å². The first-order valence-corrected chi connectivity index (χ1v) is 9.85. The van der Waals surface area contributed by atoms with Crippen LogP contribution in [0.25, 0.3) is 11.3 Å². The fourth-order valence-electron chi connectivity index (χ4n) is 2.59. The maximum absolute atomic E-state index is 12.2. The van der Waals surface area contributed by atoms with Crippen LogP contribution in [0, 0.1) is 0 Å². The van der Waals surface area contributed by atoms with Gasteiger partial charge in [-0.1, -0.05) is 59.6 Å². The summed E-state index contributed by atoms with van der Waals surface area (Å²) in [6, 6.07) is 17.2. The molecule has 0 aliphatic heterocycles. The highest BCUT2D eigenvalue weighted by Crippen LogP contribution is 2.31. The number of benzene rings is 2. The van der Waals surface area contributed by atoms with Gasteiger partial charge in [0.2, 0.25) is 5.91 Å². The summed E-state index contributed by atoms with van der Waals surface area (Å²) in [6.45, 7) is -0.431. The quantitative estimate of drug-likeness (QED) is 0.553. The van der Waals surface area contributed by atoms with E-state index in [0.717, 1.165) is 10.2 Å². The third-order valence-corrected chi connectivity index (χ3v) is 4.91. The van der Waals surface area contributed by atoms with E-state index in [1.165, 1.54) is 6.07 Å². The van der Waals surface area contributed by atoms with E-state index in [1.807, 2.05) is 30.3 Å². The minimum Gasteiger partial charge on any atom is -0.489 e. The molecule has 2 N–H and O–H groups in total. The molecule has 1 unspecified atom stereocenters. The summed E-state index contributed by atoms with van der Waals surface area (Å²) >= 11 is 11.9. The molecule has 0 aliphatic carbocycles. The minimum atomic E-state index is -0.982. The third-order valence-electron chi connectivity index (χ3n) is 4.11. The number of aliphatic hydroxyl groups excluding tert-OH is 1. The summed E-state index contributed by atoms with van der Waals surface area (Å²) in [6.07, 6.45) is -0.982. The number of nitrogens with one attached hydrogen (secondary N) is 1. The predicted octanol–water partition coefficient (Wildman–Crippen LogP) is 2.77. The zero-order valence-electron chi connectivity index (χ0n) is 15.8. The number of hydrogen-bond donors (Lipinski definition) is 2. The lowest BCUT2D eigenvalue weighted by Gasteiger charge is -2.14. The molecule has 1 heterocycles. The average molecular weight is 448 g/mol. The molecule has 3 rings (SSSR count). The number of rotatable bonds is 8. The Morgan fingerprint density at radius 1 is 1.10 bits per heavy atom. The van der Waals surface area contributed by atoms with Crippen molar-refractivity contribution < 1.29 is 14.6 Å². The molecule has 1 aromatic heterocycles. The van der Waals surface area contributed by atoms with Crippen LogP contribution in [0.5, 0.6) is 5.75 Å². The van der Waals surface area contributed by atoms with Gasteiger partial charge in [0.05, 0.1) is 10.7 Å². The van der Waals surface area contributed by atoms with Gasteiger partial charge in [-0.25, -0.2) is 4.68 Å². The second kappa shape index (κ2) is 10.2. The number of aromatic nitrogens is 2. The van der Waals surface area contributed by atoms with E-state index >= 15 is 0 Å². The van der Waals surface area contributed by atoms with Gasteiger partial charge in [-0.2, -0.15) is 5.10 Å². The Morgan fingerprint density at radius 3 is 2.63 bits per heavy atom. The first kappa shape index (κ1) is 21.8. The van der Waals surface area contributed by atoms with Crippen molar-refractivity contribution in [2.75, 3.05) is 13.2 Å². The van der Waals surface area contributed by atoms with Crippen molar-refractivity contribution >= 4 is 29.1 Å². The topological polar surface area (TPSA) is 93.5 Å². The van der Waals surface area contributed by atoms with Gasteiger partial charge < -0.3 is 15.2 Å². The minimum absolute atomic E-state index is 0.0653. The molecule has 0 saturated heterocycles. The monoisotopic (exact) mass is 447 g/mol. The summed E-state index contributed by atoms with van der Waals surface area (Å²) in [4.78, 5) is 24.2. The maximum Gasteiger partial charge on any atom is 0.267 e. The van der Waals surface area contributed by atoms with Crippen molar-refractivity contribution in [1.82, 2.24) is 15.1 Å². The molecular weight excluding hydrogens is 429 g/mol. The summed E-state index contributed by atoms with van der Waals surface area (Å²) in [5.41, 5.74) is 1.01. The van der Waals surface area contributed by atoms with Gasteiger partial charge in [0.1, 0.15) is 30.0 Å². The van der Waals surface area contributed by atoms with Crippen LogP contribution in [0.15, 0.2) is 65.5 Å². The van der Waals surface area contributed by atoms with E-state index in [1.54, 1.807) is 24.3 Å². The van der Waals surface area contributed by atoms with E-state index in [4.69, 9.17) is 27.9 Å². The number of amides is 1. The second-order valence-corrected chi connectivity index (χ2v) is 7.19. The number of halogens is 2. The van der Waals surface area contributed by atoms with E-state index in [-0.39, 0.29) is 24.7 Å². The largest absolute Gasteiger partial charge is 0.489 e. The number of nitrogens with zero attached hydrogens (tertiary/aromatic N) is 2. The Balaban J connectivity index is 1.53. The Kier molecular flexibility index (Phi) is 7.46. The van der Waals surface area contributed by atoms with Crippen LogP contribution in [0.3, 0.4) is 0 Å². The zero-order chi connectivity index (χ0) is 21.5. The highest BCUT2D eigenvalue weighted by molar-refractivity contribution is 6.42. The number of carbonyl (C=O) groups is 1. The van der Waals surface area contributed by atoms with Crippen LogP contribution in [-0.2, 0) is 11.3 Å². The lowest BCUT2D eigenvalue weighted by Crippen LogP contribution is -2.39. The molecule has 7 nitrogen and oxygen atoms in total. The summed E-state index contributed by atoms with van der Waals surface area (Å²) in [7, 11) is 0. The number of aliphatic hydroxyl groups is 1. The van der Waals surface area contributed by atoms with Crippen LogP contribution in [0.1, 0.15) is 0 Å². The van der Waals surface area contributed by atoms with Crippen LogP contribution in [0.2, 0.25) is 10.0 Å². The van der Waals surface area contributed by atoms with Gasteiger partial charge in [0.25, 0.3) is 5.56 Å². The third kappa shape index (κ3) is 5.82. The fourth-order valence-corrected chi connectivity index (χ4v) is 2.94. The average Bonchev–Trinajstić information content (AvgIpc) is 2.75. The lowest BCUT2D eigenvalue weighted by molar-refractivity contribution is -0.122. The van der Waals surface area contributed by atoms with Crippen LogP contribution in [-0.4, -0.2) is 40.0 Å². The van der Waals surface area contributed by atoms with Crippen LogP contribution in [0.4, 0.5) is 0 Å². The van der Waals surface area contributed by atoms with Gasteiger partial charge in [0.15, 0.2) is 0 Å². The van der Waals surface area contributed by atoms with Gasteiger partial charge in [-0.15, -0.1) is 0 Å². The summed E-state index contributed by atoms with van der Waals surface area (Å²) in [5.74, 6) is -0.127. The first-order chi connectivity index (χ1) is 14.4. The standard InChI is InChI=1S/C21H19Cl2N3O4/c22-16-7-4-8-18(21(16)23)30-13-15(27)11-24-19(28)12-26-20(29)10-9-17(25-26)14-5-2-1-3-6-14/h1-10,15,27H,11-13H2,(H,24,28). The first-order valence-electron chi connectivity index (χ1n) is 9.09. The van der Waals surface area contributed by atoms with Crippen LogP contribution >= 0.6 is 23.2 Å². The van der Waals surface area contributed by atoms with Gasteiger partial charge in [0, 0.05) is 18.2 Å². The smallest absolute Gasteiger partial charge is 0.267 e. The Labute approximate surface area is 182 Å². The molecule has 156 valence electrons. The van der Waals surface area contributed by atoms with Crippen molar-refractivity contribution in [3.63, 3.8) is 0 Å². The summed E-state index contributed by atoms with van der Waals surface area (Å²) < 4.78 is 6.50. The molecule has 0 saturated carbocycles. The van der Waals surface area contributed by atoms with Gasteiger partial charge >= 0.3 is 0 Å². The van der Waals surface area contributed by atoms with Gasteiger partial charge in [-0.05, 0) is 18.2 Å². The summed E-state index contributed by atoms with van der Waals surface area (Å²) in [5, 5.41) is 17.4. The van der Waals surface area contributed by atoms with Gasteiger partial charge in [-0.3, -0.25) is 9.59 Å². The Morgan fingerprint density at radius 2 is 1.87 bits per heavy atom. The second-order valence-electron chi connectivity index (χ2n) is 6.40. The molecule has 0 aliphatic rings. The molecular formula is C21H19Cl2N3O4. The molecule has 2 aromatic carbocycles. The molecule has 0 radical (unpaired) electrons. The van der Waals surface area contributed by atoms with Crippen molar-refractivity contribution in [3.05, 3.63) is 81.1 Å². The van der Waals surface area contributed by atoms with Crippen LogP contribution < -0.4 is 15.6 Å². The van der Waals surface area contributed by atoms with Crippen molar-refractivity contribution in [2.45, 2.75) is 12.6 Å². The normalized spacial score (nSPS) is 11.7. The highest BCUT2D eigenvalue weighted by atomic mass is 35.5. The Bertz CT molecular complexity index is 1070. The fraction of sp³-hybridized carbons (Fsp3) is 0.190. The number of hydrogen-bond acceptors (Lipinski definition) is 5. The number of carbonyl (C=O) groups excluding carboxylic acids is 1. The molecule has 0 bridgehead atoms. The van der Waals surface area contributed by atoms with Crippen molar-refractivity contribution in [2.24, 2.45) is 0 Å². The molecule has 1 amide bonds. The molecule has 1 atom stereocenters. The molecule has 9 heteroatoms. The SMILES string of the molecule is O=C(Cn1nc(-c2ccccc2)ccc1=O)NCC(O)COc1cccc(Cl)c1Cl.